The first-order valence-corrected chi connectivity index (χ1v) is 6.26. The number of rotatable bonds is 4. The minimum atomic E-state index is -0.940. The van der Waals surface area contributed by atoms with Gasteiger partial charge in [-0.05, 0) is 37.1 Å². The molecular formula is C15H17NO4. The molecule has 0 radical (unpaired) electrons. The summed E-state index contributed by atoms with van der Waals surface area (Å²) in [7, 11) is 1.62. The number of carboxylic acid groups (broad SMARTS) is 1. The van der Waals surface area contributed by atoms with E-state index in [1.54, 1.807) is 14.0 Å². The van der Waals surface area contributed by atoms with Gasteiger partial charge in [-0.3, -0.25) is 4.79 Å². The summed E-state index contributed by atoms with van der Waals surface area (Å²) in [6, 6.07) is 3.86. The van der Waals surface area contributed by atoms with Gasteiger partial charge in [0.1, 0.15) is 23.6 Å². The molecule has 5 nitrogen and oxygen atoms in total. The van der Waals surface area contributed by atoms with Gasteiger partial charge in [-0.15, -0.1) is 0 Å². The predicted octanol–water partition coefficient (Wildman–Crippen LogP) is 2.90. The van der Waals surface area contributed by atoms with Gasteiger partial charge in [0.15, 0.2) is 5.89 Å². The third-order valence-corrected chi connectivity index (χ3v) is 3.11. The van der Waals surface area contributed by atoms with E-state index in [0.717, 1.165) is 22.4 Å². The summed E-state index contributed by atoms with van der Waals surface area (Å²) in [5.74, 6) is 0.698. The smallest absolute Gasteiger partial charge is 0.311 e. The van der Waals surface area contributed by atoms with Crippen molar-refractivity contribution in [2.45, 2.75) is 27.2 Å². The number of carbonyl (C=O) groups is 1. The molecule has 0 atom stereocenters. The molecule has 106 valence electrons. The highest BCUT2D eigenvalue weighted by molar-refractivity contribution is 5.75. The van der Waals surface area contributed by atoms with Gasteiger partial charge in [-0.25, -0.2) is 4.98 Å². The Morgan fingerprint density at radius 1 is 1.30 bits per heavy atom. The van der Waals surface area contributed by atoms with E-state index < -0.39 is 5.97 Å². The number of methoxy groups -OCH3 is 1. The van der Waals surface area contributed by atoms with Crippen LogP contribution in [0.3, 0.4) is 0 Å². The first-order valence-electron chi connectivity index (χ1n) is 6.26. The van der Waals surface area contributed by atoms with E-state index in [-0.39, 0.29) is 6.42 Å². The second-order valence-electron chi connectivity index (χ2n) is 4.71. The van der Waals surface area contributed by atoms with Crippen molar-refractivity contribution in [3.63, 3.8) is 0 Å². The van der Waals surface area contributed by atoms with E-state index >= 15 is 0 Å². The van der Waals surface area contributed by atoms with Crippen molar-refractivity contribution in [2.75, 3.05) is 7.11 Å². The van der Waals surface area contributed by atoms with Gasteiger partial charge in [0.2, 0.25) is 0 Å². The maximum Gasteiger partial charge on any atom is 0.311 e. The molecule has 0 saturated carbocycles. The zero-order valence-corrected chi connectivity index (χ0v) is 12.0. The Kier molecular flexibility index (Phi) is 3.79. The van der Waals surface area contributed by atoms with E-state index in [9.17, 15) is 4.79 Å². The maximum absolute atomic E-state index is 10.9. The number of ether oxygens (including phenoxy) is 1. The van der Waals surface area contributed by atoms with E-state index in [1.807, 2.05) is 26.0 Å². The summed E-state index contributed by atoms with van der Waals surface area (Å²) in [5.41, 5.74) is 3.40. The minimum absolute atomic E-state index is 0.180. The highest BCUT2D eigenvalue weighted by Crippen LogP contribution is 2.32. The van der Waals surface area contributed by atoms with Gasteiger partial charge in [0, 0.05) is 12.5 Å². The van der Waals surface area contributed by atoms with Crippen molar-refractivity contribution in [3.8, 4) is 17.0 Å². The number of benzene rings is 1. The Morgan fingerprint density at radius 2 is 2.00 bits per heavy atom. The van der Waals surface area contributed by atoms with Crippen LogP contribution in [0.1, 0.15) is 22.8 Å². The largest absolute Gasteiger partial charge is 0.496 e. The molecule has 2 aromatic rings. The lowest BCUT2D eigenvalue weighted by Crippen LogP contribution is -2.01. The van der Waals surface area contributed by atoms with Crippen LogP contribution >= 0.6 is 0 Å². The average Bonchev–Trinajstić information content (AvgIpc) is 2.71. The van der Waals surface area contributed by atoms with Gasteiger partial charge < -0.3 is 14.3 Å². The van der Waals surface area contributed by atoms with Crippen LogP contribution in [0.2, 0.25) is 0 Å². The van der Waals surface area contributed by atoms with Crippen LogP contribution in [0.25, 0.3) is 11.3 Å². The number of oxazole rings is 1. The van der Waals surface area contributed by atoms with Gasteiger partial charge in [-0.1, -0.05) is 0 Å². The van der Waals surface area contributed by atoms with Gasteiger partial charge in [0.25, 0.3) is 0 Å². The van der Waals surface area contributed by atoms with E-state index in [4.69, 9.17) is 14.3 Å². The summed E-state index contributed by atoms with van der Waals surface area (Å²) in [6.45, 7) is 5.58. The molecule has 1 aromatic carbocycles. The minimum Gasteiger partial charge on any atom is -0.496 e. The number of nitrogens with zero attached hydrogens (tertiary/aromatic N) is 1. The topological polar surface area (TPSA) is 72.6 Å². The normalized spacial score (nSPS) is 10.6. The molecule has 0 aliphatic rings. The molecule has 0 aliphatic heterocycles. The standard InChI is InChI=1S/C15H17NO4/c1-8-6-12(19-4)9(2)5-11(8)15-13(7-14(17)18)20-10(3)16-15/h5-6H,7H2,1-4H3,(H,17,18). The lowest BCUT2D eigenvalue weighted by molar-refractivity contribution is -0.136. The summed E-state index contributed by atoms with van der Waals surface area (Å²) >= 11 is 0. The molecule has 1 N–H and O–H groups in total. The molecule has 0 spiro atoms. The second kappa shape index (κ2) is 5.36. The van der Waals surface area contributed by atoms with Crippen LogP contribution in [0.5, 0.6) is 5.75 Å². The van der Waals surface area contributed by atoms with Crippen LogP contribution in [0.4, 0.5) is 0 Å². The van der Waals surface area contributed by atoms with Crippen molar-refractivity contribution >= 4 is 5.97 Å². The molecule has 5 heteroatoms. The van der Waals surface area contributed by atoms with Crippen molar-refractivity contribution in [1.29, 1.82) is 0 Å². The molecule has 0 saturated heterocycles. The molecule has 1 aromatic heterocycles. The first kappa shape index (κ1) is 14.1. The van der Waals surface area contributed by atoms with Crippen LogP contribution in [0.15, 0.2) is 16.5 Å². The Hall–Kier alpha value is -2.30. The fraction of sp³-hybridized carbons (Fsp3) is 0.333. The quantitative estimate of drug-likeness (QED) is 0.928. The number of aryl methyl sites for hydroxylation is 3. The average molecular weight is 275 g/mol. The van der Waals surface area contributed by atoms with E-state index in [0.29, 0.717) is 17.3 Å². The second-order valence-corrected chi connectivity index (χ2v) is 4.71. The summed E-state index contributed by atoms with van der Waals surface area (Å²) < 4.78 is 10.7. The van der Waals surface area contributed by atoms with Crippen LogP contribution < -0.4 is 4.74 Å². The first-order chi connectivity index (χ1) is 9.42. The third-order valence-electron chi connectivity index (χ3n) is 3.11. The highest BCUT2D eigenvalue weighted by atomic mass is 16.5. The summed E-state index contributed by atoms with van der Waals surface area (Å²) in [4.78, 5) is 15.2. The zero-order valence-electron chi connectivity index (χ0n) is 12.0. The zero-order chi connectivity index (χ0) is 14.9. The molecular weight excluding hydrogens is 258 g/mol. The SMILES string of the molecule is COc1cc(C)c(-c2nc(C)oc2CC(=O)O)cc1C. The fourth-order valence-electron chi connectivity index (χ4n) is 2.20. The van der Waals surface area contributed by atoms with Crippen molar-refractivity contribution in [3.05, 3.63) is 34.9 Å². The van der Waals surface area contributed by atoms with Gasteiger partial charge in [0.05, 0.1) is 7.11 Å². The monoisotopic (exact) mass is 275 g/mol. The summed E-state index contributed by atoms with van der Waals surface area (Å²) in [6.07, 6.45) is -0.180. The molecule has 0 unspecified atom stereocenters. The lowest BCUT2D eigenvalue weighted by atomic mass is 10.0. The lowest BCUT2D eigenvalue weighted by Gasteiger charge is -2.10. The number of aromatic nitrogens is 1. The molecule has 0 amide bonds. The van der Waals surface area contributed by atoms with Crippen LogP contribution in [-0.2, 0) is 11.2 Å². The molecule has 20 heavy (non-hydrogen) atoms. The van der Waals surface area contributed by atoms with Crippen LogP contribution in [-0.4, -0.2) is 23.2 Å². The Morgan fingerprint density at radius 3 is 2.60 bits per heavy atom. The van der Waals surface area contributed by atoms with Gasteiger partial charge >= 0.3 is 5.97 Å². The molecule has 0 aliphatic carbocycles. The van der Waals surface area contributed by atoms with E-state index in [1.165, 1.54) is 0 Å². The fourth-order valence-corrected chi connectivity index (χ4v) is 2.20. The summed E-state index contributed by atoms with van der Waals surface area (Å²) in [5, 5.41) is 8.95. The number of hydrogen-bond donors (Lipinski definition) is 1. The van der Waals surface area contributed by atoms with E-state index in [2.05, 4.69) is 4.98 Å². The van der Waals surface area contributed by atoms with Gasteiger partial charge in [-0.2, -0.15) is 0 Å². The Balaban J connectivity index is 2.56. The Bertz CT molecular complexity index is 658. The Labute approximate surface area is 117 Å². The number of hydrogen-bond acceptors (Lipinski definition) is 4. The molecule has 1 heterocycles. The molecule has 0 fully saturated rings. The molecule has 0 bridgehead atoms. The number of aliphatic carboxylic acids is 1. The number of carboxylic acids is 1. The maximum atomic E-state index is 10.9. The van der Waals surface area contributed by atoms with Crippen molar-refractivity contribution in [1.82, 2.24) is 4.98 Å². The highest BCUT2D eigenvalue weighted by Gasteiger charge is 2.18. The molecule has 2 rings (SSSR count). The van der Waals surface area contributed by atoms with Crippen LogP contribution in [0, 0.1) is 20.8 Å². The third kappa shape index (κ3) is 2.66. The predicted molar refractivity (Wildman–Crippen MR) is 74.0 cm³/mol. The van der Waals surface area contributed by atoms with Crippen molar-refractivity contribution in [2.24, 2.45) is 0 Å². The van der Waals surface area contributed by atoms with Crippen molar-refractivity contribution < 1.29 is 19.1 Å².